The van der Waals surface area contributed by atoms with Crippen LogP contribution in [0.1, 0.15) is 10.5 Å². The molecular formula is C12H10ClN3O3. The molecule has 2 aromatic rings. The number of anilines is 1. The first-order valence-electron chi connectivity index (χ1n) is 5.24. The normalized spacial score (nSPS) is 10.0. The molecule has 0 bridgehead atoms. The Morgan fingerprint density at radius 2 is 2.21 bits per heavy atom. The average molecular weight is 280 g/mol. The molecular weight excluding hydrogens is 270 g/mol. The lowest BCUT2D eigenvalue weighted by molar-refractivity contribution is 0.0591. The molecule has 2 N–H and O–H groups in total. The summed E-state index contributed by atoms with van der Waals surface area (Å²) >= 11 is 5.74. The van der Waals surface area contributed by atoms with Crippen LogP contribution in [0.3, 0.4) is 0 Å². The number of carbonyl (C=O) groups excluding carboxylic acids is 1. The number of nitrogens with two attached hydrogens (primary N) is 1. The van der Waals surface area contributed by atoms with Crippen molar-refractivity contribution < 1.29 is 14.3 Å². The van der Waals surface area contributed by atoms with Crippen LogP contribution in [0.4, 0.5) is 5.69 Å². The summed E-state index contributed by atoms with van der Waals surface area (Å²) in [6.45, 7) is 0. The van der Waals surface area contributed by atoms with Gasteiger partial charge in [-0.2, -0.15) is 0 Å². The maximum absolute atomic E-state index is 11.5. The summed E-state index contributed by atoms with van der Waals surface area (Å²) in [4.78, 5) is 19.4. The topological polar surface area (TPSA) is 87.3 Å². The zero-order valence-corrected chi connectivity index (χ0v) is 10.7. The highest BCUT2D eigenvalue weighted by molar-refractivity contribution is 6.30. The van der Waals surface area contributed by atoms with Crippen LogP contribution in [0.25, 0.3) is 0 Å². The lowest BCUT2D eigenvalue weighted by atomic mass is 10.3. The van der Waals surface area contributed by atoms with E-state index in [0.717, 1.165) is 0 Å². The molecule has 7 heteroatoms. The smallest absolute Gasteiger partial charge is 0.360 e. The van der Waals surface area contributed by atoms with Gasteiger partial charge in [0.15, 0.2) is 11.4 Å². The standard InChI is InChI=1S/C12H10ClN3O3/c1-18-12(17)10-9(3-2-4-15-10)19-11-8(14)5-7(13)6-16-11/h2-6H,14H2,1H3. The Morgan fingerprint density at radius 1 is 1.42 bits per heavy atom. The minimum absolute atomic E-state index is 0.0427. The van der Waals surface area contributed by atoms with Gasteiger partial charge >= 0.3 is 5.97 Å². The number of ether oxygens (including phenoxy) is 2. The molecule has 0 aliphatic carbocycles. The van der Waals surface area contributed by atoms with Crippen molar-refractivity contribution in [1.29, 1.82) is 0 Å². The van der Waals surface area contributed by atoms with E-state index in [4.69, 9.17) is 22.1 Å². The zero-order valence-electron chi connectivity index (χ0n) is 9.96. The molecule has 0 atom stereocenters. The van der Waals surface area contributed by atoms with Crippen molar-refractivity contribution in [3.8, 4) is 11.6 Å². The van der Waals surface area contributed by atoms with Gasteiger partial charge in [-0.15, -0.1) is 0 Å². The highest BCUT2D eigenvalue weighted by Crippen LogP contribution is 2.28. The second kappa shape index (κ2) is 5.53. The summed E-state index contributed by atoms with van der Waals surface area (Å²) in [6.07, 6.45) is 2.85. The van der Waals surface area contributed by atoms with Crippen LogP contribution in [0, 0.1) is 0 Å². The Kier molecular flexibility index (Phi) is 3.82. The summed E-state index contributed by atoms with van der Waals surface area (Å²) in [6, 6.07) is 4.68. The molecule has 0 amide bonds. The quantitative estimate of drug-likeness (QED) is 0.867. The third-order valence-electron chi connectivity index (χ3n) is 2.20. The van der Waals surface area contributed by atoms with Crippen molar-refractivity contribution >= 4 is 23.3 Å². The minimum atomic E-state index is -0.608. The van der Waals surface area contributed by atoms with E-state index in [-0.39, 0.29) is 23.0 Å². The van der Waals surface area contributed by atoms with Gasteiger partial charge in [0.25, 0.3) is 0 Å². The first-order chi connectivity index (χ1) is 9.11. The molecule has 98 valence electrons. The van der Waals surface area contributed by atoms with Crippen molar-refractivity contribution in [2.45, 2.75) is 0 Å². The molecule has 2 heterocycles. The van der Waals surface area contributed by atoms with Crippen molar-refractivity contribution in [1.82, 2.24) is 9.97 Å². The molecule has 0 aliphatic rings. The largest absolute Gasteiger partial charge is 0.464 e. The average Bonchev–Trinajstić information content (AvgIpc) is 2.41. The summed E-state index contributed by atoms with van der Waals surface area (Å²) in [5.74, 6) is -0.262. The molecule has 6 nitrogen and oxygen atoms in total. The summed E-state index contributed by atoms with van der Waals surface area (Å²) in [7, 11) is 1.26. The van der Waals surface area contributed by atoms with E-state index in [9.17, 15) is 4.79 Å². The van der Waals surface area contributed by atoms with Crippen molar-refractivity contribution in [3.63, 3.8) is 0 Å². The second-order valence-corrected chi connectivity index (χ2v) is 3.93. The second-order valence-electron chi connectivity index (χ2n) is 3.49. The molecule has 2 aromatic heterocycles. The third kappa shape index (κ3) is 2.92. The number of nitrogen functional groups attached to an aromatic ring is 1. The lowest BCUT2D eigenvalue weighted by Gasteiger charge is -2.09. The molecule has 0 saturated heterocycles. The monoisotopic (exact) mass is 279 g/mol. The Balaban J connectivity index is 2.35. The highest BCUT2D eigenvalue weighted by atomic mass is 35.5. The molecule has 0 fully saturated rings. The highest BCUT2D eigenvalue weighted by Gasteiger charge is 2.16. The minimum Gasteiger partial charge on any atom is -0.464 e. The number of hydrogen-bond donors (Lipinski definition) is 1. The molecule has 0 aliphatic heterocycles. The van der Waals surface area contributed by atoms with Crippen LogP contribution >= 0.6 is 11.6 Å². The van der Waals surface area contributed by atoms with Crippen molar-refractivity contribution in [3.05, 3.63) is 41.3 Å². The lowest BCUT2D eigenvalue weighted by Crippen LogP contribution is -2.07. The van der Waals surface area contributed by atoms with Crippen molar-refractivity contribution in [2.24, 2.45) is 0 Å². The van der Waals surface area contributed by atoms with Crippen LogP contribution in [0.5, 0.6) is 11.6 Å². The Labute approximate surface area is 114 Å². The maximum Gasteiger partial charge on any atom is 0.360 e. The van der Waals surface area contributed by atoms with E-state index in [2.05, 4.69) is 14.7 Å². The van der Waals surface area contributed by atoms with E-state index < -0.39 is 5.97 Å². The molecule has 0 aromatic carbocycles. The zero-order chi connectivity index (χ0) is 13.8. The van der Waals surface area contributed by atoms with E-state index in [1.165, 1.54) is 25.6 Å². The van der Waals surface area contributed by atoms with Gasteiger partial charge in [0.05, 0.1) is 17.8 Å². The molecule has 0 spiro atoms. The van der Waals surface area contributed by atoms with E-state index in [1.807, 2.05) is 0 Å². The number of pyridine rings is 2. The predicted molar refractivity (Wildman–Crippen MR) is 69.3 cm³/mol. The maximum atomic E-state index is 11.5. The van der Waals surface area contributed by atoms with E-state index in [1.54, 1.807) is 12.1 Å². The number of halogens is 1. The number of methoxy groups -OCH3 is 1. The summed E-state index contributed by atoms with van der Waals surface area (Å²) in [5, 5.41) is 0.393. The first-order valence-corrected chi connectivity index (χ1v) is 5.62. The van der Waals surface area contributed by atoms with Crippen LogP contribution in [0.2, 0.25) is 5.02 Å². The number of nitrogens with zero attached hydrogens (tertiary/aromatic N) is 2. The number of aromatic nitrogens is 2. The number of hydrogen-bond acceptors (Lipinski definition) is 6. The molecule has 2 rings (SSSR count). The van der Waals surface area contributed by atoms with Crippen LogP contribution in [-0.2, 0) is 4.74 Å². The van der Waals surface area contributed by atoms with Gasteiger partial charge in [0, 0.05) is 12.4 Å². The fraction of sp³-hybridized carbons (Fsp3) is 0.0833. The van der Waals surface area contributed by atoms with Crippen molar-refractivity contribution in [2.75, 3.05) is 12.8 Å². The van der Waals surface area contributed by atoms with Gasteiger partial charge in [0.1, 0.15) is 0 Å². The SMILES string of the molecule is COC(=O)c1ncccc1Oc1ncc(Cl)cc1N. The molecule has 19 heavy (non-hydrogen) atoms. The van der Waals surface area contributed by atoms with Gasteiger partial charge in [-0.3, -0.25) is 0 Å². The number of rotatable bonds is 3. The Hall–Kier alpha value is -2.34. The number of esters is 1. The Bertz CT molecular complexity index is 619. The van der Waals surface area contributed by atoms with Crippen LogP contribution < -0.4 is 10.5 Å². The first kappa shape index (κ1) is 13.1. The van der Waals surface area contributed by atoms with E-state index >= 15 is 0 Å². The van der Waals surface area contributed by atoms with Gasteiger partial charge in [0.2, 0.25) is 5.88 Å². The summed E-state index contributed by atoms with van der Waals surface area (Å²) in [5.41, 5.74) is 6.02. The fourth-order valence-electron chi connectivity index (χ4n) is 1.35. The third-order valence-corrected chi connectivity index (χ3v) is 2.41. The number of carbonyl (C=O) groups is 1. The van der Waals surface area contributed by atoms with Gasteiger partial charge in [-0.05, 0) is 18.2 Å². The molecule has 0 saturated carbocycles. The van der Waals surface area contributed by atoms with Gasteiger partial charge < -0.3 is 15.2 Å². The van der Waals surface area contributed by atoms with Crippen LogP contribution in [-0.4, -0.2) is 23.0 Å². The van der Waals surface area contributed by atoms with Gasteiger partial charge in [-0.1, -0.05) is 11.6 Å². The predicted octanol–water partition coefficient (Wildman–Crippen LogP) is 2.29. The summed E-state index contributed by atoms with van der Waals surface area (Å²) < 4.78 is 10.1. The molecule has 0 unspecified atom stereocenters. The Morgan fingerprint density at radius 3 is 2.89 bits per heavy atom. The van der Waals surface area contributed by atoms with Gasteiger partial charge in [-0.25, -0.2) is 14.8 Å². The fourth-order valence-corrected chi connectivity index (χ4v) is 1.52. The van der Waals surface area contributed by atoms with E-state index in [0.29, 0.717) is 5.02 Å². The van der Waals surface area contributed by atoms with Crippen LogP contribution in [0.15, 0.2) is 30.6 Å². The molecule has 0 radical (unpaired) electrons.